The number of allylic oxidation sites excluding steroid dienone is 2. The molecule has 3 aliphatic carbocycles. The van der Waals surface area contributed by atoms with Crippen molar-refractivity contribution in [2.24, 2.45) is 0 Å². The van der Waals surface area contributed by atoms with Crippen molar-refractivity contribution in [3.05, 3.63) is 116 Å². The van der Waals surface area contributed by atoms with Crippen LogP contribution in [0, 0.1) is 41.5 Å². The predicted molar refractivity (Wildman–Crippen MR) is 229 cm³/mol. The second-order valence-corrected chi connectivity index (χ2v) is 20.8. The molecule has 284 valence electrons. The van der Waals surface area contributed by atoms with E-state index in [2.05, 4.69) is 118 Å². The Balaban J connectivity index is 0.00000481. The molecule has 4 fully saturated rings. The van der Waals surface area contributed by atoms with Crippen molar-refractivity contribution in [1.29, 1.82) is 0 Å². The second-order valence-electron chi connectivity index (χ2n) is 16.4. The summed E-state index contributed by atoms with van der Waals surface area (Å²) in [5.74, 6) is 1.27. The van der Waals surface area contributed by atoms with Gasteiger partial charge in [0.25, 0.3) is 0 Å². The van der Waals surface area contributed by atoms with Crippen LogP contribution < -0.4 is 9.80 Å². The molecule has 7 rings (SSSR count). The molecule has 2 unspecified atom stereocenters. The fourth-order valence-electron chi connectivity index (χ4n) is 10.4. The van der Waals surface area contributed by atoms with E-state index in [4.69, 9.17) is 23.2 Å². The Labute approximate surface area is 345 Å². The molecular formula is C47H59Cl2N2PRu. The maximum absolute atomic E-state index is 8.42. The fourth-order valence-corrected chi connectivity index (χ4v) is 16.6. The molecule has 0 aromatic heterocycles. The first-order valence-corrected chi connectivity index (χ1v) is 22.4. The van der Waals surface area contributed by atoms with E-state index in [1.165, 1.54) is 120 Å². The number of hydrogen-bond donors (Lipinski definition) is 0. The fraction of sp³-hybridized carbons (Fsp3) is 0.511. The molecule has 6 heteroatoms. The van der Waals surface area contributed by atoms with Gasteiger partial charge in [-0.25, -0.2) is 0 Å². The minimum Gasteiger partial charge on any atom is -0.325 e. The van der Waals surface area contributed by atoms with Crippen LogP contribution in [-0.4, -0.2) is 34.4 Å². The molecule has 1 heterocycles. The molecule has 3 aromatic carbocycles. The minimum atomic E-state index is -0.501. The number of benzene rings is 3. The van der Waals surface area contributed by atoms with Gasteiger partial charge in [0, 0.05) is 49.5 Å². The number of aryl methyl sites for hydroxylation is 6. The van der Waals surface area contributed by atoms with E-state index < -0.39 is 12.5 Å². The zero-order chi connectivity index (χ0) is 36.6. The molecule has 0 N–H and O–H groups in total. The van der Waals surface area contributed by atoms with E-state index >= 15 is 0 Å². The summed E-state index contributed by atoms with van der Waals surface area (Å²) < 4.78 is -0.458. The van der Waals surface area contributed by atoms with Crippen molar-refractivity contribution in [3.63, 3.8) is 0 Å². The van der Waals surface area contributed by atoms with Crippen LogP contribution in [0.15, 0.2) is 77.3 Å². The number of anilines is 2. The largest absolute Gasteiger partial charge is 0.325 e. The number of alkyl halides is 2. The normalized spacial score (nSPS) is 23.0. The molecule has 2 nitrogen and oxygen atoms in total. The molecule has 2 atom stereocenters. The van der Waals surface area contributed by atoms with E-state index in [1.54, 1.807) is 0 Å². The minimum absolute atomic E-state index is 0. The predicted octanol–water partition coefficient (Wildman–Crippen LogP) is 13.8. The molecule has 0 radical (unpaired) electrons. The van der Waals surface area contributed by atoms with E-state index in [0.717, 1.165) is 37.1 Å². The molecule has 3 saturated carbocycles. The summed E-state index contributed by atoms with van der Waals surface area (Å²) in [6.07, 6.45) is 17.4. The van der Waals surface area contributed by atoms with Crippen molar-refractivity contribution < 1.29 is 19.5 Å². The van der Waals surface area contributed by atoms with E-state index in [0.29, 0.717) is 11.3 Å². The van der Waals surface area contributed by atoms with Gasteiger partial charge in [0.15, 0.2) is 0 Å². The van der Waals surface area contributed by atoms with Crippen molar-refractivity contribution in [2.45, 2.75) is 140 Å². The van der Waals surface area contributed by atoms with E-state index in [1.807, 2.05) is 0 Å². The first kappa shape index (κ1) is 40.8. The van der Waals surface area contributed by atoms with Crippen LogP contribution in [0.2, 0.25) is 0 Å². The first-order valence-electron chi connectivity index (χ1n) is 20.1. The Bertz CT molecular complexity index is 1740. The van der Waals surface area contributed by atoms with Crippen LogP contribution in [0.5, 0.6) is 0 Å². The molecule has 3 aromatic rings. The van der Waals surface area contributed by atoms with Gasteiger partial charge in [-0.1, -0.05) is 112 Å². The Hall–Kier alpha value is -1.85. The summed E-state index contributed by atoms with van der Waals surface area (Å²) in [6.45, 7) is 15.4. The van der Waals surface area contributed by atoms with Crippen LogP contribution in [0.25, 0.3) is 6.08 Å². The van der Waals surface area contributed by atoms with Gasteiger partial charge < -0.3 is 9.80 Å². The number of hydrogen-bond acceptors (Lipinski definition) is 2. The van der Waals surface area contributed by atoms with Gasteiger partial charge in [-0.15, -0.1) is 28.9 Å². The Kier molecular flexibility index (Phi) is 13.5. The molecule has 1 saturated heterocycles. The molecular weight excluding hydrogens is 795 g/mol. The maximum atomic E-state index is 8.42. The zero-order valence-corrected chi connectivity index (χ0v) is 37.0. The second kappa shape index (κ2) is 17.5. The van der Waals surface area contributed by atoms with Gasteiger partial charge in [-0.05, 0) is 131 Å². The van der Waals surface area contributed by atoms with Gasteiger partial charge in [-0.3, -0.25) is 0 Å². The summed E-state index contributed by atoms with van der Waals surface area (Å²) in [4.78, 5) is 5.22. The maximum Gasteiger partial charge on any atom is 0.114 e. The summed E-state index contributed by atoms with van der Waals surface area (Å²) >= 11 is 16.5. The van der Waals surface area contributed by atoms with Crippen molar-refractivity contribution in [1.82, 2.24) is 0 Å². The average Bonchev–Trinajstić information content (AvgIpc) is 3.52. The quantitative estimate of drug-likeness (QED) is 0.105. The third-order valence-electron chi connectivity index (χ3n) is 12.4. The third-order valence-corrected chi connectivity index (χ3v) is 17.7. The number of rotatable bonds is 6. The van der Waals surface area contributed by atoms with Gasteiger partial charge in [0.1, 0.15) is 5.82 Å². The third kappa shape index (κ3) is 8.33. The zero-order valence-electron chi connectivity index (χ0n) is 32.9. The van der Waals surface area contributed by atoms with Crippen LogP contribution in [0.4, 0.5) is 11.4 Å². The van der Waals surface area contributed by atoms with Crippen molar-refractivity contribution >= 4 is 48.6 Å². The molecule has 4 aliphatic rings. The van der Waals surface area contributed by atoms with E-state index in [-0.39, 0.29) is 24.9 Å². The monoisotopic (exact) mass is 854 g/mol. The molecule has 0 amide bonds. The molecule has 0 bridgehead atoms. The molecule has 53 heavy (non-hydrogen) atoms. The SMILES string of the molecule is Cc1cc(C)c(N2CCN(c3c(C)cc(C)cc3C)C2=C2CCC(Cl)(P(C3CCCCC3)C3CCCCC3)C(=C=Cc3ccccc3)C2Cl)c(C)c1.[Ru]. The standard InChI is InChI=1S/C47H59Cl2N2P.Ru/c1-32-28-34(3)44(35(4)29-32)50-26-27-51(45-36(5)30-33(2)31-37(45)6)46(50)41-24-25-47(49,42(43(41)48)23-22-38-16-10-7-11-17-38)52(39-18-12-8-13-19-39)40-20-14-9-15-21-40;/h7,10-11,16-17,22,28-31,39-40,43H,8-9,12-15,18-21,24-27H2,1-6H3;. The smallest absolute Gasteiger partial charge is 0.114 e. The topological polar surface area (TPSA) is 6.48 Å². The Morgan fingerprint density at radius 2 is 1.15 bits per heavy atom. The number of halogens is 2. The van der Waals surface area contributed by atoms with E-state index in [9.17, 15) is 0 Å². The van der Waals surface area contributed by atoms with Gasteiger partial charge in [0.05, 0.1) is 9.99 Å². The summed E-state index contributed by atoms with van der Waals surface area (Å²) in [6, 6.07) is 20.0. The Morgan fingerprint density at radius 3 is 1.60 bits per heavy atom. The van der Waals surface area contributed by atoms with Gasteiger partial charge in [-0.2, -0.15) is 0 Å². The van der Waals surface area contributed by atoms with Crippen LogP contribution in [-0.2, 0) is 19.5 Å². The van der Waals surface area contributed by atoms with Crippen LogP contribution >= 0.6 is 31.1 Å². The van der Waals surface area contributed by atoms with Crippen LogP contribution in [0.3, 0.4) is 0 Å². The molecule has 0 spiro atoms. The summed E-state index contributed by atoms with van der Waals surface area (Å²) in [7, 11) is -0.501. The van der Waals surface area contributed by atoms with Crippen LogP contribution in [0.1, 0.15) is 116 Å². The van der Waals surface area contributed by atoms with Gasteiger partial charge in [0.2, 0.25) is 0 Å². The van der Waals surface area contributed by atoms with Crippen molar-refractivity contribution in [2.75, 3.05) is 22.9 Å². The number of nitrogens with zero attached hydrogens (tertiary/aromatic N) is 2. The Morgan fingerprint density at radius 1 is 0.698 bits per heavy atom. The summed E-state index contributed by atoms with van der Waals surface area (Å²) in [5.41, 5.74) is 19.5. The first-order chi connectivity index (χ1) is 25.1. The van der Waals surface area contributed by atoms with Gasteiger partial charge >= 0.3 is 0 Å². The average molecular weight is 855 g/mol. The molecule has 1 aliphatic heterocycles. The summed E-state index contributed by atoms with van der Waals surface area (Å²) in [5, 5.41) is -0.335. The van der Waals surface area contributed by atoms with Crippen molar-refractivity contribution in [3.8, 4) is 0 Å².